The first-order valence-electron chi connectivity index (χ1n) is 8.20. The van der Waals surface area contributed by atoms with Gasteiger partial charge in [0.15, 0.2) is 5.69 Å². The molecule has 0 saturated heterocycles. The molecule has 0 bridgehead atoms. The van der Waals surface area contributed by atoms with E-state index >= 15 is 0 Å². The summed E-state index contributed by atoms with van der Waals surface area (Å²) in [6.45, 7) is 6.79. The zero-order valence-corrected chi connectivity index (χ0v) is 14.8. The van der Waals surface area contributed by atoms with Crippen molar-refractivity contribution in [2.75, 3.05) is 31.5 Å². The van der Waals surface area contributed by atoms with Gasteiger partial charge in [0.1, 0.15) is 11.3 Å². The van der Waals surface area contributed by atoms with Crippen molar-refractivity contribution < 1.29 is 14.7 Å². The molecule has 9 nitrogen and oxygen atoms in total. The number of nitrogens with two attached hydrogens (primary N) is 1. The molecule has 1 aromatic rings. The van der Waals surface area contributed by atoms with Crippen molar-refractivity contribution in [2.45, 2.75) is 26.4 Å². The molecule has 1 aliphatic rings. The number of benzene rings is 1. The smallest absolute Gasteiger partial charge is 0.410 e. The number of amides is 1. The summed E-state index contributed by atoms with van der Waals surface area (Å²) >= 11 is 0. The molecule has 1 atom stereocenters. The SMILES string of the molecule is CC(C)(C)OC(=O)N(CCN)CCN=C1Nc2ccccc2[NH+]([O-])N1. The molecule has 2 rings (SSSR count). The molecule has 138 valence electrons. The van der Waals surface area contributed by atoms with E-state index in [2.05, 4.69) is 15.7 Å². The fraction of sp³-hybridized carbons (Fsp3) is 0.500. The van der Waals surface area contributed by atoms with E-state index in [9.17, 15) is 10.0 Å². The Kier molecular flexibility index (Phi) is 6.18. The number of carbonyl (C=O) groups excluding carboxylic acids is 1. The summed E-state index contributed by atoms with van der Waals surface area (Å²) < 4.78 is 5.36. The van der Waals surface area contributed by atoms with Crippen molar-refractivity contribution in [1.29, 1.82) is 0 Å². The maximum absolute atomic E-state index is 12.2. The standard InChI is InChI=1S/C16H26N6O3/c1-16(2,3)25-15(23)21(10-8-17)11-9-18-14-19-12-6-4-5-7-13(12)22(24)20-14/h4-7,22H,8-11,17H2,1-3H3,(H2,18,19,20). The average Bonchev–Trinajstić information content (AvgIpc) is 2.52. The van der Waals surface area contributed by atoms with Crippen LogP contribution in [0.2, 0.25) is 0 Å². The van der Waals surface area contributed by atoms with Gasteiger partial charge in [-0.25, -0.2) is 15.0 Å². The Balaban J connectivity index is 1.95. The second-order valence-corrected chi connectivity index (χ2v) is 6.61. The predicted molar refractivity (Wildman–Crippen MR) is 96.4 cm³/mol. The van der Waals surface area contributed by atoms with Crippen molar-refractivity contribution in [2.24, 2.45) is 10.7 Å². The lowest BCUT2D eigenvalue weighted by molar-refractivity contribution is -0.816. The lowest BCUT2D eigenvalue weighted by Crippen LogP contribution is -3.11. The number of para-hydroxylation sites is 2. The number of nitrogens with one attached hydrogen (secondary N) is 3. The Hall–Kier alpha value is -2.36. The van der Waals surface area contributed by atoms with Gasteiger partial charge in [-0.15, -0.1) is 0 Å². The van der Waals surface area contributed by atoms with Crippen LogP contribution in [0.3, 0.4) is 0 Å². The summed E-state index contributed by atoms with van der Waals surface area (Å²) in [7, 11) is 0. The highest BCUT2D eigenvalue weighted by molar-refractivity contribution is 5.96. The first kappa shape index (κ1) is 19.0. The molecule has 5 N–H and O–H groups in total. The number of fused-ring (bicyclic) bond motifs is 1. The molecule has 0 spiro atoms. The van der Waals surface area contributed by atoms with Crippen molar-refractivity contribution in [3.8, 4) is 0 Å². The highest BCUT2D eigenvalue weighted by Gasteiger charge is 2.22. The number of hydrogen-bond donors (Lipinski definition) is 4. The van der Waals surface area contributed by atoms with Gasteiger partial charge in [-0.3, -0.25) is 0 Å². The van der Waals surface area contributed by atoms with Crippen LogP contribution >= 0.6 is 0 Å². The topological polar surface area (TPSA) is 119 Å². The molecule has 25 heavy (non-hydrogen) atoms. The van der Waals surface area contributed by atoms with Crippen molar-refractivity contribution >= 4 is 23.4 Å². The summed E-state index contributed by atoms with van der Waals surface area (Å²) in [6, 6.07) is 7.19. The molecule has 1 aliphatic heterocycles. The maximum Gasteiger partial charge on any atom is 0.410 e. The molecule has 1 aromatic carbocycles. The highest BCUT2D eigenvalue weighted by Crippen LogP contribution is 2.17. The van der Waals surface area contributed by atoms with E-state index < -0.39 is 11.7 Å². The molecule has 0 aliphatic carbocycles. The molecule has 9 heteroatoms. The molecule has 1 unspecified atom stereocenters. The van der Waals surface area contributed by atoms with Crippen molar-refractivity contribution in [1.82, 2.24) is 10.3 Å². The van der Waals surface area contributed by atoms with Gasteiger partial charge < -0.3 is 25.9 Å². The van der Waals surface area contributed by atoms with Crippen LogP contribution in [0, 0.1) is 5.21 Å². The molecule has 0 aromatic heterocycles. The van der Waals surface area contributed by atoms with E-state index in [1.807, 2.05) is 32.9 Å². The van der Waals surface area contributed by atoms with Crippen LogP contribution in [0.1, 0.15) is 20.8 Å². The third-order valence-electron chi connectivity index (χ3n) is 3.35. The molecule has 0 saturated carbocycles. The van der Waals surface area contributed by atoms with Gasteiger partial charge in [0.25, 0.3) is 0 Å². The predicted octanol–water partition coefficient (Wildman–Crippen LogP) is 0.183. The highest BCUT2D eigenvalue weighted by atomic mass is 16.6. The largest absolute Gasteiger partial charge is 0.603 e. The van der Waals surface area contributed by atoms with Crippen LogP contribution < -0.4 is 21.6 Å². The second kappa shape index (κ2) is 8.15. The minimum absolute atomic E-state index is 0.209. The van der Waals surface area contributed by atoms with Gasteiger partial charge >= 0.3 is 6.09 Å². The minimum atomic E-state index is -0.571. The van der Waals surface area contributed by atoms with Crippen LogP contribution in [-0.2, 0) is 4.74 Å². The average molecular weight is 350 g/mol. The number of rotatable bonds is 5. The number of anilines is 1. The zero-order chi connectivity index (χ0) is 18.4. The number of quaternary nitrogens is 1. The van der Waals surface area contributed by atoms with E-state index in [1.54, 1.807) is 12.1 Å². The fourth-order valence-electron chi connectivity index (χ4n) is 2.26. The Morgan fingerprint density at radius 1 is 1.36 bits per heavy atom. The van der Waals surface area contributed by atoms with Crippen LogP contribution in [0.4, 0.5) is 16.2 Å². The van der Waals surface area contributed by atoms with Gasteiger partial charge in [-0.05, 0) is 26.8 Å². The number of guanidine groups is 1. The molecule has 1 heterocycles. The normalized spacial score (nSPS) is 18.1. The zero-order valence-electron chi connectivity index (χ0n) is 14.8. The lowest BCUT2D eigenvalue weighted by Gasteiger charge is -2.30. The minimum Gasteiger partial charge on any atom is -0.603 e. The van der Waals surface area contributed by atoms with E-state index in [0.717, 1.165) is 0 Å². The summed E-state index contributed by atoms with van der Waals surface area (Å²) in [5.41, 5.74) is 8.95. The molecular weight excluding hydrogens is 324 g/mol. The van der Waals surface area contributed by atoms with Gasteiger partial charge in [0.05, 0.1) is 6.54 Å². The Labute approximate surface area is 147 Å². The van der Waals surface area contributed by atoms with Crippen LogP contribution in [0.15, 0.2) is 29.3 Å². The van der Waals surface area contributed by atoms with E-state index in [1.165, 1.54) is 4.90 Å². The van der Waals surface area contributed by atoms with Gasteiger partial charge in [-0.2, -0.15) is 5.43 Å². The fourth-order valence-corrected chi connectivity index (χ4v) is 2.26. The van der Waals surface area contributed by atoms with Gasteiger partial charge in [0.2, 0.25) is 5.96 Å². The molecule has 0 radical (unpaired) electrons. The third-order valence-corrected chi connectivity index (χ3v) is 3.35. The molecule has 0 fully saturated rings. The van der Waals surface area contributed by atoms with Crippen LogP contribution in [-0.4, -0.2) is 48.7 Å². The lowest BCUT2D eigenvalue weighted by atomic mass is 10.2. The number of carbonyl (C=O) groups is 1. The number of ether oxygens (including phenoxy) is 1. The Morgan fingerprint density at radius 2 is 2.08 bits per heavy atom. The summed E-state index contributed by atoms with van der Waals surface area (Å²) in [5, 5.41) is 14.9. The first-order chi connectivity index (χ1) is 11.8. The van der Waals surface area contributed by atoms with Crippen molar-refractivity contribution in [3.05, 3.63) is 29.5 Å². The Morgan fingerprint density at radius 3 is 2.76 bits per heavy atom. The van der Waals surface area contributed by atoms with E-state index in [-0.39, 0.29) is 5.17 Å². The van der Waals surface area contributed by atoms with E-state index in [0.29, 0.717) is 43.5 Å². The summed E-state index contributed by atoms with van der Waals surface area (Å²) in [4.78, 5) is 18.0. The van der Waals surface area contributed by atoms with Crippen LogP contribution in [0.25, 0.3) is 0 Å². The molecule has 1 amide bonds. The molecular formula is C16H26N6O3. The van der Waals surface area contributed by atoms with E-state index in [4.69, 9.17) is 10.5 Å². The number of nitrogens with zero attached hydrogens (tertiary/aromatic N) is 2. The van der Waals surface area contributed by atoms with Crippen molar-refractivity contribution in [3.63, 3.8) is 0 Å². The summed E-state index contributed by atoms with van der Waals surface area (Å²) in [6.07, 6.45) is -0.427. The first-order valence-corrected chi connectivity index (χ1v) is 8.20. The number of hydrogen-bond acceptors (Lipinski definition) is 5. The Bertz CT molecular complexity index is 629. The monoisotopic (exact) mass is 350 g/mol. The number of aliphatic imine (C=N–C) groups is 1. The summed E-state index contributed by atoms with van der Waals surface area (Å²) in [5.74, 6) is 0.362. The van der Waals surface area contributed by atoms with Gasteiger partial charge in [-0.1, -0.05) is 12.1 Å². The second-order valence-electron chi connectivity index (χ2n) is 6.61. The van der Waals surface area contributed by atoms with Gasteiger partial charge in [0, 0.05) is 25.7 Å². The maximum atomic E-state index is 12.2. The quantitative estimate of drug-likeness (QED) is 0.563. The third kappa shape index (κ3) is 5.59. The van der Waals surface area contributed by atoms with Crippen LogP contribution in [0.5, 0.6) is 0 Å².